The maximum absolute atomic E-state index is 8.99. The number of hydrogen-bond donors (Lipinski definition) is 1. The van der Waals surface area contributed by atoms with E-state index >= 15 is 0 Å². The van der Waals surface area contributed by atoms with E-state index in [1.54, 1.807) is 0 Å². The number of nitrogens with zero attached hydrogens (tertiary/aromatic N) is 1. The van der Waals surface area contributed by atoms with Crippen molar-refractivity contribution >= 4 is 28.9 Å². The van der Waals surface area contributed by atoms with Gasteiger partial charge in [0.1, 0.15) is 0 Å². The smallest absolute Gasteiger partial charge is 0.0609 e. The van der Waals surface area contributed by atoms with Gasteiger partial charge in [0.15, 0.2) is 0 Å². The lowest BCUT2D eigenvalue weighted by molar-refractivity contribution is 0.314. The van der Waals surface area contributed by atoms with Crippen molar-refractivity contribution in [1.29, 1.82) is 0 Å². The van der Waals surface area contributed by atoms with Gasteiger partial charge in [-0.15, -0.1) is 0 Å². The first-order valence-corrected chi connectivity index (χ1v) is 8.98. The third-order valence-corrected chi connectivity index (χ3v) is 9.68. The molecule has 0 amide bonds. The first-order chi connectivity index (χ1) is 8.08. The van der Waals surface area contributed by atoms with Gasteiger partial charge in [-0.05, 0) is 29.6 Å². The van der Waals surface area contributed by atoms with Gasteiger partial charge in [-0.3, -0.25) is 0 Å². The van der Waals surface area contributed by atoms with Crippen LogP contribution in [-0.4, -0.2) is 22.7 Å². The lowest BCUT2D eigenvalue weighted by Gasteiger charge is -2.37. The Balaban J connectivity index is 2.37. The van der Waals surface area contributed by atoms with Crippen molar-refractivity contribution in [2.45, 2.75) is 25.9 Å². The van der Waals surface area contributed by atoms with Crippen molar-refractivity contribution in [3.05, 3.63) is 30.3 Å². The van der Waals surface area contributed by atoms with Crippen LogP contribution in [0.5, 0.6) is 0 Å². The third-order valence-electron chi connectivity index (χ3n) is 3.65. The Hall–Kier alpha value is -0.660. The minimum absolute atomic E-state index is 0.308. The van der Waals surface area contributed by atoms with E-state index in [4.69, 9.17) is 17.0 Å². The molecule has 1 aliphatic rings. The lowest BCUT2D eigenvalue weighted by Crippen LogP contribution is -2.32. The fourth-order valence-corrected chi connectivity index (χ4v) is 7.05. The van der Waals surface area contributed by atoms with Gasteiger partial charge in [0.25, 0.3) is 0 Å². The molecule has 1 heterocycles. The molecule has 0 spiro atoms. The van der Waals surface area contributed by atoms with Gasteiger partial charge < -0.3 is 5.21 Å². The SMILES string of the molecule is C[C@@H]1C[P@@](=S)(c2ccccc2)[C@H](C)C/C1=N/O. The van der Waals surface area contributed by atoms with Crippen LogP contribution in [0.25, 0.3) is 0 Å². The lowest BCUT2D eigenvalue weighted by atomic mass is 10.0. The van der Waals surface area contributed by atoms with Crippen LogP contribution in [0.2, 0.25) is 0 Å². The van der Waals surface area contributed by atoms with Crippen LogP contribution in [0.3, 0.4) is 0 Å². The van der Waals surface area contributed by atoms with E-state index in [2.05, 4.69) is 43.3 Å². The molecule has 0 unspecified atom stereocenters. The summed E-state index contributed by atoms with van der Waals surface area (Å²) in [5, 5.41) is 13.7. The van der Waals surface area contributed by atoms with Crippen molar-refractivity contribution in [2.24, 2.45) is 11.1 Å². The molecule has 0 bridgehead atoms. The second-order valence-electron chi connectivity index (χ2n) is 4.86. The molecular weight excluding hydrogens is 249 g/mol. The van der Waals surface area contributed by atoms with Gasteiger partial charge in [-0.1, -0.05) is 61.1 Å². The number of hydrogen-bond acceptors (Lipinski definition) is 3. The van der Waals surface area contributed by atoms with Crippen LogP contribution in [0, 0.1) is 5.92 Å². The fraction of sp³-hybridized carbons (Fsp3) is 0.462. The van der Waals surface area contributed by atoms with Crippen LogP contribution < -0.4 is 5.30 Å². The fourth-order valence-electron chi connectivity index (χ4n) is 2.52. The number of oxime groups is 1. The van der Waals surface area contributed by atoms with Crippen LogP contribution in [0.1, 0.15) is 20.3 Å². The Morgan fingerprint density at radius 1 is 1.29 bits per heavy atom. The van der Waals surface area contributed by atoms with E-state index in [9.17, 15) is 0 Å². The molecule has 4 heteroatoms. The maximum atomic E-state index is 8.99. The topological polar surface area (TPSA) is 32.6 Å². The molecule has 92 valence electrons. The van der Waals surface area contributed by atoms with Crippen molar-refractivity contribution in [1.82, 2.24) is 0 Å². The highest BCUT2D eigenvalue weighted by molar-refractivity contribution is 8.18. The van der Waals surface area contributed by atoms with Gasteiger partial charge >= 0.3 is 0 Å². The zero-order chi connectivity index (χ0) is 12.5. The van der Waals surface area contributed by atoms with E-state index in [1.807, 2.05) is 6.07 Å². The number of benzene rings is 1. The molecule has 1 aliphatic heterocycles. The molecule has 2 rings (SSSR count). The molecule has 1 aromatic carbocycles. The average Bonchev–Trinajstić information content (AvgIpc) is 2.35. The molecule has 0 saturated carbocycles. The summed E-state index contributed by atoms with van der Waals surface area (Å²) >= 11 is 6.00. The van der Waals surface area contributed by atoms with Crippen molar-refractivity contribution < 1.29 is 5.21 Å². The van der Waals surface area contributed by atoms with Crippen LogP contribution in [0.4, 0.5) is 0 Å². The van der Waals surface area contributed by atoms with Crippen molar-refractivity contribution in [3.8, 4) is 0 Å². The predicted octanol–water partition coefficient (Wildman–Crippen LogP) is 3.05. The molecular formula is C13H18NOPS. The van der Waals surface area contributed by atoms with E-state index in [0.29, 0.717) is 11.6 Å². The van der Waals surface area contributed by atoms with Gasteiger partial charge in [-0.2, -0.15) is 0 Å². The molecule has 0 radical (unpaired) electrons. The monoisotopic (exact) mass is 267 g/mol. The highest BCUT2D eigenvalue weighted by Crippen LogP contribution is 2.55. The van der Waals surface area contributed by atoms with E-state index < -0.39 is 6.04 Å². The van der Waals surface area contributed by atoms with Gasteiger partial charge in [-0.25, -0.2) is 0 Å². The van der Waals surface area contributed by atoms with E-state index in [-0.39, 0.29) is 0 Å². The predicted molar refractivity (Wildman–Crippen MR) is 77.7 cm³/mol. The van der Waals surface area contributed by atoms with Crippen molar-refractivity contribution in [3.63, 3.8) is 0 Å². The molecule has 1 N–H and O–H groups in total. The molecule has 0 aromatic heterocycles. The summed E-state index contributed by atoms with van der Waals surface area (Å²) in [6, 6.07) is 8.96. The Labute approximate surface area is 108 Å². The van der Waals surface area contributed by atoms with Crippen LogP contribution >= 0.6 is 6.04 Å². The largest absolute Gasteiger partial charge is 0.411 e. The summed E-state index contributed by atoms with van der Waals surface area (Å²) < 4.78 is 0. The standard InChI is InChI=1S/C13H18NOPS/c1-10-9-16(17,11(2)8-13(10)14-15)12-6-4-3-5-7-12/h3-7,10-11,15H,8-9H2,1-2H3/b14-13-/t10-,11-,16+/m1/s1. The normalized spacial score (nSPS) is 36.0. The molecule has 1 saturated heterocycles. The van der Waals surface area contributed by atoms with Crippen LogP contribution in [0.15, 0.2) is 35.5 Å². The molecule has 2 nitrogen and oxygen atoms in total. The minimum atomic E-state index is -1.52. The summed E-state index contributed by atoms with van der Waals surface area (Å²) in [5.74, 6) is 0.308. The Bertz CT molecular complexity index is 472. The molecule has 1 fully saturated rings. The second kappa shape index (κ2) is 4.91. The van der Waals surface area contributed by atoms with Crippen molar-refractivity contribution in [2.75, 3.05) is 6.16 Å². The summed E-state index contributed by atoms with van der Waals surface area (Å²) in [5.41, 5.74) is 1.34. The summed E-state index contributed by atoms with van der Waals surface area (Å²) in [6.45, 7) is 4.32. The van der Waals surface area contributed by atoms with Gasteiger partial charge in [0.2, 0.25) is 0 Å². The Morgan fingerprint density at radius 2 is 1.94 bits per heavy atom. The molecule has 1 aromatic rings. The third kappa shape index (κ3) is 2.31. The zero-order valence-corrected chi connectivity index (χ0v) is 11.9. The van der Waals surface area contributed by atoms with Gasteiger partial charge in [0.05, 0.1) is 5.71 Å². The van der Waals surface area contributed by atoms with E-state index in [0.717, 1.165) is 18.3 Å². The maximum Gasteiger partial charge on any atom is 0.0609 e. The summed E-state index contributed by atoms with van der Waals surface area (Å²) in [6.07, 6.45) is 1.82. The van der Waals surface area contributed by atoms with E-state index in [1.165, 1.54) is 5.30 Å². The molecule has 0 aliphatic carbocycles. The first kappa shape index (κ1) is 12.8. The number of rotatable bonds is 1. The summed E-state index contributed by atoms with van der Waals surface area (Å²) in [7, 11) is 0. The Kier molecular flexibility index (Phi) is 3.70. The molecule has 3 atom stereocenters. The summed E-state index contributed by atoms with van der Waals surface area (Å²) in [4.78, 5) is 0. The highest BCUT2D eigenvalue weighted by Gasteiger charge is 2.36. The quantitative estimate of drug-likeness (QED) is 0.482. The molecule has 17 heavy (non-hydrogen) atoms. The first-order valence-electron chi connectivity index (χ1n) is 5.93. The highest BCUT2D eigenvalue weighted by atomic mass is 32.4. The van der Waals surface area contributed by atoms with Gasteiger partial charge in [0, 0.05) is 5.92 Å². The Morgan fingerprint density at radius 3 is 2.53 bits per heavy atom. The average molecular weight is 267 g/mol. The second-order valence-corrected chi connectivity index (χ2v) is 10.2. The van der Waals surface area contributed by atoms with Crippen LogP contribution in [-0.2, 0) is 11.8 Å². The minimum Gasteiger partial charge on any atom is -0.411 e. The zero-order valence-electron chi connectivity index (χ0n) is 10.2.